The van der Waals surface area contributed by atoms with Crippen molar-refractivity contribution in [3.05, 3.63) is 0 Å². The first-order chi connectivity index (χ1) is 9.39. The van der Waals surface area contributed by atoms with E-state index in [9.17, 15) is 4.79 Å². The highest BCUT2D eigenvalue weighted by molar-refractivity contribution is 5.85. The molecule has 0 aromatic heterocycles. The van der Waals surface area contributed by atoms with Crippen LogP contribution in [0.3, 0.4) is 0 Å². The van der Waals surface area contributed by atoms with Crippen molar-refractivity contribution in [2.45, 2.75) is 63.7 Å². The maximum absolute atomic E-state index is 11.9. The number of likely N-dealkylation sites (N-methyl/N-ethyl adjacent to an activating group) is 2. The zero-order valence-electron chi connectivity index (χ0n) is 13.4. The maximum atomic E-state index is 11.9. The van der Waals surface area contributed by atoms with Gasteiger partial charge in [0, 0.05) is 31.2 Å². The number of nitrogens with two attached hydrogens (primary N) is 1. The van der Waals surface area contributed by atoms with E-state index in [4.69, 9.17) is 5.73 Å². The first-order valence-electron chi connectivity index (χ1n) is 7.90. The molecule has 0 spiro atoms. The Kier molecular flexibility index (Phi) is 4.72. The summed E-state index contributed by atoms with van der Waals surface area (Å²) in [5.74, 6) is -0.183. The normalized spacial score (nSPS) is 40.1. The van der Waals surface area contributed by atoms with E-state index < -0.39 is 5.54 Å². The van der Waals surface area contributed by atoms with Gasteiger partial charge in [0.15, 0.2) is 0 Å². The number of nitrogens with zero attached hydrogens (tertiary/aromatic N) is 2. The summed E-state index contributed by atoms with van der Waals surface area (Å²) in [6.07, 6.45) is 2.80. The summed E-state index contributed by atoms with van der Waals surface area (Å²) in [5.41, 5.74) is 5.18. The first kappa shape index (κ1) is 15.7. The van der Waals surface area contributed by atoms with Gasteiger partial charge in [-0.05, 0) is 46.7 Å². The van der Waals surface area contributed by atoms with Crippen LogP contribution in [0.1, 0.15) is 40.0 Å². The molecule has 1 saturated heterocycles. The third kappa shape index (κ3) is 2.85. The molecular formula is C15H30N4O. The van der Waals surface area contributed by atoms with Crippen molar-refractivity contribution in [2.24, 2.45) is 5.73 Å². The predicted molar refractivity (Wildman–Crippen MR) is 81.5 cm³/mol. The number of amides is 1. The van der Waals surface area contributed by atoms with E-state index >= 15 is 0 Å². The van der Waals surface area contributed by atoms with Gasteiger partial charge in [-0.25, -0.2) is 0 Å². The molecular weight excluding hydrogens is 252 g/mol. The largest absolute Gasteiger partial charge is 0.368 e. The fraction of sp³-hybridized carbons (Fsp3) is 0.933. The van der Waals surface area contributed by atoms with Crippen LogP contribution in [0, 0.1) is 0 Å². The van der Waals surface area contributed by atoms with Gasteiger partial charge in [-0.15, -0.1) is 0 Å². The van der Waals surface area contributed by atoms with Gasteiger partial charge in [-0.3, -0.25) is 14.6 Å². The van der Waals surface area contributed by atoms with E-state index in [2.05, 4.69) is 36.0 Å². The van der Waals surface area contributed by atoms with Crippen LogP contribution in [0.4, 0.5) is 0 Å². The number of rotatable bonds is 4. The smallest absolute Gasteiger partial charge is 0.237 e. The third-order valence-electron chi connectivity index (χ3n) is 5.38. The molecule has 20 heavy (non-hydrogen) atoms. The Morgan fingerprint density at radius 3 is 2.45 bits per heavy atom. The minimum atomic E-state index is -0.477. The summed E-state index contributed by atoms with van der Waals surface area (Å²) in [4.78, 5) is 16.9. The Balaban J connectivity index is 2.03. The molecule has 0 radical (unpaired) electrons. The molecule has 0 bridgehead atoms. The average molecular weight is 282 g/mol. The summed E-state index contributed by atoms with van der Waals surface area (Å²) < 4.78 is 0. The molecule has 1 aliphatic heterocycles. The summed E-state index contributed by atoms with van der Waals surface area (Å²) in [7, 11) is 2.20. The van der Waals surface area contributed by atoms with Crippen LogP contribution < -0.4 is 11.1 Å². The van der Waals surface area contributed by atoms with E-state index in [-0.39, 0.29) is 5.91 Å². The lowest BCUT2D eigenvalue weighted by Gasteiger charge is -2.45. The molecule has 1 saturated carbocycles. The lowest BCUT2D eigenvalue weighted by Crippen LogP contribution is -2.58. The number of primary amides is 1. The molecule has 1 aliphatic carbocycles. The second kappa shape index (κ2) is 6.00. The Bertz CT molecular complexity index is 350. The zero-order chi connectivity index (χ0) is 14.9. The van der Waals surface area contributed by atoms with E-state index in [1.54, 1.807) is 0 Å². The first-order valence-corrected chi connectivity index (χ1v) is 7.90. The predicted octanol–water partition coefficient (Wildman–Crippen LogP) is 0.397. The number of carbonyl (C=O) groups is 1. The van der Waals surface area contributed by atoms with Gasteiger partial charge < -0.3 is 11.1 Å². The van der Waals surface area contributed by atoms with Crippen molar-refractivity contribution in [1.82, 2.24) is 15.1 Å². The summed E-state index contributed by atoms with van der Waals surface area (Å²) in [5, 5.41) is 3.35. The Morgan fingerprint density at radius 2 is 1.95 bits per heavy atom. The molecule has 4 unspecified atom stereocenters. The van der Waals surface area contributed by atoms with Crippen LogP contribution in [0.5, 0.6) is 0 Å². The highest BCUT2D eigenvalue weighted by Crippen LogP contribution is 2.34. The minimum Gasteiger partial charge on any atom is -0.368 e. The Hall–Kier alpha value is -0.650. The van der Waals surface area contributed by atoms with Gasteiger partial charge in [0.2, 0.25) is 5.91 Å². The van der Waals surface area contributed by atoms with Crippen LogP contribution in [-0.4, -0.2) is 66.1 Å². The zero-order valence-corrected chi connectivity index (χ0v) is 13.4. The van der Waals surface area contributed by atoms with Crippen LogP contribution >= 0.6 is 0 Å². The number of nitrogens with one attached hydrogen (secondary N) is 1. The molecule has 2 aliphatic rings. The highest BCUT2D eigenvalue weighted by Gasteiger charge is 2.46. The standard InChI is InChI=1S/C15H30N4O/c1-5-17-15(14(16)20)7-6-13(8-15)19-9-11(2)18(4)12(3)10-19/h11-13,17H,5-10H2,1-4H3,(H2,16,20). The number of piperazine rings is 1. The van der Waals surface area contributed by atoms with Crippen molar-refractivity contribution in [3.63, 3.8) is 0 Å². The van der Waals surface area contributed by atoms with Crippen molar-refractivity contribution < 1.29 is 4.79 Å². The van der Waals surface area contributed by atoms with Crippen molar-refractivity contribution in [1.29, 1.82) is 0 Å². The molecule has 1 amide bonds. The van der Waals surface area contributed by atoms with E-state index in [0.29, 0.717) is 18.1 Å². The molecule has 2 rings (SSSR count). The van der Waals surface area contributed by atoms with Gasteiger partial charge in [0.1, 0.15) is 0 Å². The average Bonchev–Trinajstić information content (AvgIpc) is 2.81. The fourth-order valence-corrected chi connectivity index (χ4v) is 3.88. The summed E-state index contributed by atoms with van der Waals surface area (Å²) in [6, 6.07) is 1.63. The van der Waals surface area contributed by atoms with Crippen LogP contribution in [-0.2, 0) is 4.79 Å². The van der Waals surface area contributed by atoms with E-state index in [0.717, 1.165) is 38.9 Å². The molecule has 5 heteroatoms. The fourth-order valence-electron chi connectivity index (χ4n) is 3.88. The Labute approximate surface area is 122 Å². The number of hydrogen-bond donors (Lipinski definition) is 2. The molecule has 3 N–H and O–H groups in total. The topological polar surface area (TPSA) is 61.6 Å². The van der Waals surface area contributed by atoms with E-state index in [1.807, 2.05) is 6.92 Å². The molecule has 0 aromatic rings. The van der Waals surface area contributed by atoms with Gasteiger partial charge in [-0.2, -0.15) is 0 Å². The molecule has 116 valence electrons. The maximum Gasteiger partial charge on any atom is 0.237 e. The van der Waals surface area contributed by atoms with Crippen LogP contribution in [0.25, 0.3) is 0 Å². The number of hydrogen-bond acceptors (Lipinski definition) is 4. The highest BCUT2D eigenvalue weighted by atomic mass is 16.1. The van der Waals surface area contributed by atoms with Gasteiger partial charge in [0.25, 0.3) is 0 Å². The van der Waals surface area contributed by atoms with Gasteiger partial charge >= 0.3 is 0 Å². The monoisotopic (exact) mass is 282 g/mol. The van der Waals surface area contributed by atoms with E-state index in [1.165, 1.54) is 0 Å². The SMILES string of the molecule is CCNC1(C(N)=O)CCC(N2CC(C)N(C)C(C)C2)C1. The minimum absolute atomic E-state index is 0.183. The van der Waals surface area contributed by atoms with Crippen LogP contribution in [0.2, 0.25) is 0 Å². The van der Waals surface area contributed by atoms with Crippen molar-refractivity contribution in [2.75, 3.05) is 26.7 Å². The molecule has 0 aromatic carbocycles. The van der Waals surface area contributed by atoms with Crippen LogP contribution in [0.15, 0.2) is 0 Å². The number of carbonyl (C=O) groups excluding carboxylic acids is 1. The van der Waals surface area contributed by atoms with Crippen molar-refractivity contribution >= 4 is 5.91 Å². The summed E-state index contributed by atoms with van der Waals surface area (Å²) in [6.45, 7) is 9.58. The Morgan fingerprint density at radius 1 is 1.35 bits per heavy atom. The quantitative estimate of drug-likeness (QED) is 0.783. The second-order valence-corrected chi connectivity index (χ2v) is 6.69. The van der Waals surface area contributed by atoms with Gasteiger partial charge in [0.05, 0.1) is 5.54 Å². The lowest BCUT2D eigenvalue weighted by atomic mass is 9.95. The van der Waals surface area contributed by atoms with Crippen molar-refractivity contribution in [3.8, 4) is 0 Å². The molecule has 2 fully saturated rings. The summed E-state index contributed by atoms with van der Waals surface area (Å²) >= 11 is 0. The lowest BCUT2D eigenvalue weighted by molar-refractivity contribution is -0.124. The second-order valence-electron chi connectivity index (χ2n) is 6.69. The molecule has 1 heterocycles. The molecule has 4 atom stereocenters. The van der Waals surface area contributed by atoms with Gasteiger partial charge in [-0.1, -0.05) is 6.92 Å². The molecule has 5 nitrogen and oxygen atoms in total. The third-order valence-corrected chi connectivity index (χ3v) is 5.38.